The number of aromatic amines is 1. The van der Waals surface area contributed by atoms with E-state index >= 15 is 0 Å². The van der Waals surface area contributed by atoms with E-state index in [4.69, 9.17) is 14.2 Å². The van der Waals surface area contributed by atoms with Crippen LogP contribution >= 0.6 is 0 Å². The number of ether oxygens (including phenoxy) is 3. The lowest BCUT2D eigenvalue weighted by Gasteiger charge is -2.11. The first-order chi connectivity index (χ1) is 14.5. The van der Waals surface area contributed by atoms with Crippen molar-refractivity contribution in [3.63, 3.8) is 0 Å². The second-order valence-electron chi connectivity index (χ2n) is 6.10. The van der Waals surface area contributed by atoms with Gasteiger partial charge >= 0.3 is 5.69 Å². The predicted octanol–water partition coefficient (Wildman–Crippen LogP) is 2.19. The molecule has 3 rings (SSSR count). The van der Waals surface area contributed by atoms with Gasteiger partial charge in [0.15, 0.2) is 11.5 Å². The molecule has 0 atom stereocenters. The summed E-state index contributed by atoms with van der Waals surface area (Å²) in [6, 6.07) is 11.3. The molecule has 0 aliphatic rings. The molecule has 1 aromatic heterocycles. The Bertz CT molecular complexity index is 1160. The van der Waals surface area contributed by atoms with Gasteiger partial charge in [0.2, 0.25) is 0 Å². The SMILES string of the molecule is CCOc1ccc(NC(=O)c2c[nH]c(=O)n(-c3ccc(OC)c(OC)c3)c2=O)cc1. The molecule has 9 heteroatoms. The summed E-state index contributed by atoms with van der Waals surface area (Å²) in [5, 5.41) is 2.63. The molecule has 0 saturated carbocycles. The number of amides is 1. The highest BCUT2D eigenvalue weighted by Gasteiger charge is 2.17. The second-order valence-corrected chi connectivity index (χ2v) is 6.10. The Balaban J connectivity index is 1.95. The van der Waals surface area contributed by atoms with Gasteiger partial charge in [-0.3, -0.25) is 9.59 Å². The molecule has 0 fully saturated rings. The Kier molecular flexibility index (Phi) is 6.21. The summed E-state index contributed by atoms with van der Waals surface area (Å²) in [5.41, 5.74) is -0.973. The summed E-state index contributed by atoms with van der Waals surface area (Å²) in [7, 11) is 2.91. The zero-order valence-electron chi connectivity index (χ0n) is 16.7. The van der Waals surface area contributed by atoms with Crippen LogP contribution in [0.2, 0.25) is 0 Å². The van der Waals surface area contributed by atoms with Gasteiger partial charge in [-0.1, -0.05) is 0 Å². The molecule has 0 spiro atoms. The topological polar surface area (TPSA) is 112 Å². The van der Waals surface area contributed by atoms with Gasteiger partial charge in [0.1, 0.15) is 11.3 Å². The van der Waals surface area contributed by atoms with E-state index in [9.17, 15) is 14.4 Å². The lowest BCUT2D eigenvalue weighted by atomic mass is 10.2. The maximum Gasteiger partial charge on any atom is 0.333 e. The third-order valence-electron chi connectivity index (χ3n) is 4.27. The number of carbonyl (C=O) groups is 1. The first-order valence-electron chi connectivity index (χ1n) is 9.09. The smallest absolute Gasteiger partial charge is 0.333 e. The van der Waals surface area contributed by atoms with Crippen molar-refractivity contribution >= 4 is 11.6 Å². The number of carbonyl (C=O) groups excluding carboxylic acids is 1. The molecule has 0 bridgehead atoms. The zero-order valence-corrected chi connectivity index (χ0v) is 16.7. The van der Waals surface area contributed by atoms with Gasteiger partial charge in [-0.25, -0.2) is 9.36 Å². The molecule has 0 aliphatic heterocycles. The fourth-order valence-corrected chi connectivity index (χ4v) is 2.83. The molecule has 3 aromatic rings. The van der Waals surface area contributed by atoms with E-state index in [0.29, 0.717) is 29.5 Å². The Hall–Kier alpha value is -4.01. The van der Waals surface area contributed by atoms with Crippen molar-refractivity contribution in [2.45, 2.75) is 6.92 Å². The van der Waals surface area contributed by atoms with Crippen LogP contribution in [0.4, 0.5) is 5.69 Å². The molecule has 1 amide bonds. The van der Waals surface area contributed by atoms with Crippen LogP contribution in [-0.2, 0) is 0 Å². The minimum Gasteiger partial charge on any atom is -0.494 e. The fraction of sp³-hybridized carbons (Fsp3) is 0.190. The third-order valence-corrected chi connectivity index (χ3v) is 4.27. The molecule has 0 radical (unpaired) electrons. The minimum atomic E-state index is -0.769. The Morgan fingerprint density at radius 3 is 2.37 bits per heavy atom. The standard InChI is InChI=1S/C21H21N3O6/c1-4-30-15-8-5-13(6-9-15)23-19(25)16-12-22-21(27)24(20(16)26)14-7-10-17(28-2)18(11-14)29-3/h5-12H,4H2,1-3H3,(H,22,27)(H,23,25). The van der Waals surface area contributed by atoms with E-state index < -0.39 is 17.2 Å². The van der Waals surface area contributed by atoms with Crippen molar-refractivity contribution in [3.05, 3.63) is 75.1 Å². The van der Waals surface area contributed by atoms with E-state index in [-0.39, 0.29) is 11.3 Å². The Morgan fingerprint density at radius 2 is 1.73 bits per heavy atom. The summed E-state index contributed by atoms with van der Waals surface area (Å²) in [4.78, 5) is 40.3. The van der Waals surface area contributed by atoms with Crippen molar-refractivity contribution in [1.29, 1.82) is 0 Å². The molecule has 156 valence electrons. The largest absolute Gasteiger partial charge is 0.494 e. The van der Waals surface area contributed by atoms with Gasteiger partial charge < -0.3 is 24.5 Å². The number of benzene rings is 2. The lowest BCUT2D eigenvalue weighted by Crippen LogP contribution is -2.38. The number of H-pyrrole nitrogens is 1. The first-order valence-corrected chi connectivity index (χ1v) is 9.09. The van der Waals surface area contributed by atoms with Gasteiger partial charge in [-0.05, 0) is 43.3 Å². The van der Waals surface area contributed by atoms with Crippen molar-refractivity contribution in [2.75, 3.05) is 26.1 Å². The van der Waals surface area contributed by atoms with Crippen LogP contribution in [-0.4, -0.2) is 36.3 Å². The summed E-state index contributed by atoms with van der Waals surface area (Å²) >= 11 is 0. The summed E-state index contributed by atoms with van der Waals surface area (Å²) < 4.78 is 16.6. The molecule has 2 aromatic carbocycles. The third kappa shape index (κ3) is 4.19. The average molecular weight is 411 g/mol. The van der Waals surface area contributed by atoms with Gasteiger partial charge in [0.25, 0.3) is 11.5 Å². The zero-order chi connectivity index (χ0) is 21.7. The van der Waals surface area contributed by atoms with Crippen molar-refractivity contribution in [3.8, 4) is 22.9 Å². The fourth-order valence-electron chi connectivity index (χ4n) is 2.83. The highest BCUT2D eigenvalue weighted by atomic mass is 16.5. The molecular weight excluding hydrogens is 390 g/mol. The Morgan fingerprint density at radius 1 is 1.03 bits per heavy atom. The van der Waals surface area contributed by atoms with Crippen LogP contribution < -0.4 is 30.8 Å². The predicted molar refractivity (Wildman–Crippen MR) is 111 cm³/mol. The minimum absolute atomic E-state index is 0.224. The molecule has 0 saturated heterocycles. The first kappa shape index (κ1) is 20.7. The number of nitrogens with one attached hydrogen (secondary N) is 2. The molecular formula is C21H21N3O6. The van der Waals surface area contributed by atoms with E-state index in [0.717, 1.165) is 10.8 Å². The molecule has 2 N–H and O–H groups in total. The van der Waals surface area contributed by atoms with Crippen molar-refractivity contribution in [2.24, 2.45) is 0 Å². The normalized spacial score (nSPS) is 10.4. The second kappa shape index (κ2) is 8.99. The monoisotopic (exact) mass is 411 g/mol. The van der Waals surface area contributed by atoms with E-state index in [1.54, 1.807) is 30.3 Å². The summed E-state index contributed by atoms with van der Waals surface area (Å²) in [5.74, 6) is 0.783. The van der Waals surface area contributed by atoms with Crippen LogP contribution in [0.25, 0.3) is 5.69 Å². The van der Waals surface area contributed by atoms with Gasteiger partial charge in [0.05, 0.1) is 26.5 Å². The number of aromatic nitrogens is 2. The van der Waals surface area contributed by atoms with Crippen LogP contribution in [0, 0.1) is 0 Å². The number of anilines is 1. The highest BCUT2D eigenvalue weighted by molar-refractivity contribution is 6.03. The number of rotatable bonds is 7. The van der Waals surface area contributed by atoms with E-state index in [1.165, 1.54) is 26.4 Å². The highest BCUT2D eigenvalue weighted by Crippen LogP contribution is 2.28. The average Bonchev–Trinajstić information content (AvgIpc) is 2.75. The maximum absolute atomic E-state index is 12.9. The number of nitrogens with zero attached hydrogens (tertiary/aromatic N) is 1. The summed E-state index contributed by atoms with van der Waals surface area (Å²) in [6.07, 6.45) is 1.09. The van der Waals surface area contributed by atoms with E-state index in [1.807, 2.05) is 6.92 Å². The number of hydrogen-bond donors (Lipinski definition) is 2. The molecule has 30 heavy (non-hydrogen) atoms. The van der Waals surface area contributed by atoms with Crippen LogP contribution in [0.1, 0.15) is 17.3 Å². The van der Waals surface area contributed by atoms with Crippen molar-refractivity contribution < 1.29 is 19.0 Å². The van der Waals surface area contributed by atoms with Crippen molar-refractivity contribution in [1.82, 2.24) is 9.55 Å². The van der Waals surface area contributed by atoms with Gasteiger partial charge in [-0.2, -0.15) is 0 Å². The van der Waals surface area contributed by atoms with E-state index in [2.05, 4.69) is 10.3 Å². The molecule has 9 nitrogen and oxygen atoms in total. The van der Waals surface area contributed by atoms with Crippen LogP contribution in [0.5, 0.6) is 17.2 Å². The van der Waals surface area contributed by atoms with Gasteiger partial charge in [0, 0.05) is 18.0 Å². The summed E-state index contributed by atoms with van der Waals surface area (Å²) in [6.45, 7) is 2.40. The number of hydrogen-bond acceptors (Lipinski definition) is 6. The maximum atomic E-state index is 12.9. The molecule has 1 heterocycles. The Labute approximate surface area is 171 Å². The quantitative estimate of drug-likeness (QED) is 0.617. The number of methoxy groups -OCH3 is 2. The van der Waals surface area contributed by atoms with Gasteiger partial charge in [-0.15, -0.1) is 0 Å². The molecule has 0 aliphatic carbocycles. The van der Waals surface area contributed by atoms with Crippen LogP contribution in [0.3, 0.4) is 0 Å². The lowest BCUT2D eigenvalue weighted by molar-refractivity contribution is 0.102. The molecule has 0 unspecified atom stereocenters. The van der Waals surface area contributed by atoms with Crippen LogP contribution in [0.15, 0.2) is 58.3 Å².